The maximum Gasteiger partial charge on any atom is 0.328 e. The van der Waals surface area contributed by atoms with E-state index in [1.54, 1.807) is 20.8 Å². The predicted octanol–water partition coefficient (Wildman–Crippen LogP) is 1.76. The first kappa shape index (κ1) is 30.8. The average molecular weight is 474 g/mol. The lowest BCUT2D eigenvalue weighted by Crippen LogP contribution is -2.51. The van der Waals surface area contributed by atoms with Crippen molar-refractivity contribution in [2.75, 3.05) is 34.0 Å². The zero-order valence-corrected chi connectivity index (χ0v) is 21.3. The zero-order chi connectivity index (χ0) is 25.4. The van der Waals surface area contributed by atoms with Gasteiger partial charge in [-0.25, -0.2) is 4.79 Å². The van der Waals surface area contributed by atoms with Gasteiger partial charge in [-0.1, -0.05) is 39.5 Å². The summed E-state index contributed by atoms with van der Waals surface area (Å²) in [5.41, 5.74) is -0.676. The zero-order valence-electron chi connectivity index (χ0n) is 21.3. The number of hydrogen-bond acceptors (Lipinski definition) is 9. The molecule has 0 aromatic rings. The first-order chi connectivity index (χ1) is 15.5. The molecule has 0 heterocycles. The van der Waals surface area contributed by atoms with E-state index in [4.69, 9.17) is 14.2 Å². The van der Waals surface area contributed by atoms with Gasteiger partial charge in [0.15, 0.2) is 0 Å². The molecule has 0 bridgehead atoms. The van der Waals surface area contributed by atoms with Crippen molar-refractivity contribution in [2.24, 2.45) is 0 Å². The van der Waals surface area contributed by atoms with Gasteiger partial charge in [0.05, 0.1) is 27.3 Å². The van der Waals surface area contributed by atoms with Crippen molar-refractivity contribution in [1.82, 2.24) is 15.5 Å². The summed E-state index contributed by atoms with van der Waals surface area (Å²) in [5, 5.41) is 5.76. The highest BCUT2D eigenvalue weighted by Crippen LogP contribution is 2.08. The molecule has 0 rings (SSSR count). The Morgan fingerprint density at radius 2 is 1.36 bits per heavy atom. The molecule has 0 aromatic carbocycles. The molecule has 10 heteroatoms. The minimum absolute atomic E-state index is 0.0774. The molecule has 2 N–H and O–H groups in total. The number of hydrogen-bond donors (Lipinski definition) is 2. The summed E-state index contributed by atoms with van der Waals surface area (Å²) in [6, 6.07) is -1.32. The van der Waals surface area contributed by atoms with Gasteiger partial charge in [0.25, 0.3) is 0 Å². The molecule has 0 saturated heterocycles. The van der Waals surface area contributed by atoms with Gasteiger partial charge in [-0.2, -0.15) is 0 Å². The van der Waals surface area contributed by atoms with Gasteiger partial charge >= 0.3 is 17.9 Å². The number of rotatable bonds is 16. The Bertz CT molecular complexity index is 620. The van der Waals surface area contributed by atoms with Gasteiger partial charge in [-0.15, -0.1) is 0 Å². The molecule has 0 unspecified atom stereocenters. The van der Waals surface area contributed by atoms with Crippen molar-refractivity contribution in [1.29, 1.82) is 0 Å². The summed E-state index contributed by atoms with van der Waals surface area (Å²) in [6.45, 7) is 9.01. The summed E-state index contributed by atoms with van der Waals surface area (Å²) in [6.07, 6.45) is 4.37. The fourth-order valence-corrected chi connectivity index (χ4v) is 3.06. The number of ether oxygens (including phenoxy) is 3. The second kappa shape index (κ2) is 16.4. The van der Waals surface area contributed by atoms with Crippen LogP contribution in [-0.4, -0.2) is 80.4 Å². The molecule has 0 aliphatic carbocycles. The van der Waals surface area contributed by atoms with Gasteiger partial charge in [0.1, 0.15) is 17.7 Å². The van der Waals surface area contributed by atoms with Crippen LogP contribution in [0.25, 0.3) is 0 Å². The molecule has 0 radical (unpaired) electrons. The van der Waals surface area contributed by atoms with Crippen molar-refractivity contribution in [3.05, 3.63) is 0 Å². The second-order valence-corrected chi connectivity index (χ2v) is 8.94. The molecule has 0 aliphatic rings. The number of nitrogens with zero attached hydrogens (tertiary/aromatic N) is 1. The van der Waals surface area contributed by atoms with E-state index in [2.05, 4.69) is 10.6 Å². The van der Waals surface area contributed by atoms with Crippen LogP contribution >= 0.6 is 0 Å². The van der Waals surface area contributed by atoms with Gasteiger partial charge in [-0.05, 0) is 33.6 Å². The Balaban J connectivity index is 5.30. The third-order valence-electron chi connectivity index (χ3n) is 4.70. The quantitative estimate of drug-likeness (QED) is 0.196. The Morgan fingerprint density at radius 1 is 0.848 bits per heavy atom. The van der Waals surface area contributed by atoms with Crippen molar-refractivity contribution >= 4 is 23.8 Å². The SMILES string of the molecule is CCCC[C@H](NCN(CC(=O)N[C@@H](CCCC)C(=O)OC)CC(=O)OC(C)(C)C)C(=O)OC. The largest absolute Gasteiger partial charge is 0.468 e. The van der Waals surface area contributed by atoms with E-state index in [0.29, 0.717) is 12.8 Å². The molecule has 10 nitrogen and oxygen atoms in total. The van der Waals surface area contributed by atoms with E-state index in [1.165, 1.54) is 19.1 Å². The monoisotopic (exact) mass is 473 g/mol. The fraction of sp³-hybridized carbons (Fsp3) is 0.826. The van der Waals surface area contributed by atoms with Gasteiger partial charge in [0.2, 0.25) is 5.91 Å². The normalized spacial score (nSPS) is 13.2. The third kappa shape index (κ3) is 14.5. The summed E-state index contributed by atoms with van der Waals surface area (Å²) in [4.78, 5) is 50.7. The lowest BCUT2D eigenvalue weighted by Gasteiger charge is -2.27. The molecule has 33 heavy (non-hydrogen) atoms. The molecule has 1 amide bonds. The molecule has 192 valence electrons. The molecule has 0 aliphatic heterocycles. The third-order valence-corrected chi connectivity index (χ3v) is 4.70. The summed E-state index contributed by atoms with van der Waals surface area (Å²) < 4.78 is 15.0. The minimum Gasteiger partial charge on any atom is -0.468 e. The Kier molecular flexibility index (Phi) is 15.3. The molecule has 0 spiro atoms. The van der Waals surface area contributed by atoms with E-state index in [0.717, 1.165) is 25.7 Å². The highest BCUT2D eigenvalue weighted by atomic mass is 16.6. The van der Waals surface area contributed by atoms with Crippen LogP contribution in [-0.2, 0) is 33.4 Å². The number of methoxy groups -OCH3 is 2. The Hall–Kier alpha value is -2.20. The van der Waals surface area contributed by atoms with Gasteiger partial charge < -0.3 is 19.5 Å². The second-order valence-electron chi connectivity index (χ2n) is 8.94. The summed E-state index contributed by atoms with van der Waals surface area (Å²) in [7, 11) is 2.59. The van der Waals surface area contributed by atoms with Gasteiger partial charge in [0, 0.05) is 6.67 Å². The van der Waals surface area contributed by atoms with Crippen molar-refractivity contribution in [3.63, 3.8) is 0 Å². The van der Waals surface area contributed by atoms with Crippen LogP contribution in [0.2, 0.25) is 0 Å². The van der Waals surface area contributed by atoms with Crippen molar-refractivity contribution < 1.29 is 33.4 Å². The average Bonchev–Trinajstić information content (AvgIpc) is 2.73. The summed E-state index contributed by atoms with van der Waals surface area (Å²) in [5.74, 6) is -1.86. The number of amides is 1. The first-order valence-corrected chi connectivity index (χ1v) is 11.6. The highest BCUT2D eigenvalue weighted by Gasteiger charge is 2.26. The van der Waals surface area contributed by atoms with Crippen molar-refractivity contribution in [3.8, 4) is 0 Å². The maximum atomic E-state index is 12.7. The van der Waals surface area contributed by atoms with Crippen molar-refractivity contribution in [2.45, 2.75) is 90.8 Å². The molecule has 0 saturated carbocycles. The number of unbranched alkanes of at least 4 members (excludes halogenated alkanes) is 2. The number of esters is 3. The van der Waals surface area contributed by atoms with E-state index in [9.17, 15) is 19.2 Å². The lowest BCUT2D eigenvalue weighted by molar-refractivity contribution is -0.156. The van der Waals surface area contributed by atoms with Crippen LogP contribution in [0.5, 0.6) is 0 Å². The number of carbonyl (C=O) groups excluding carboxylic acids is 4. The standard InChI is InChI=1S/C23H43N3O7/c1-8-10-12-17(21(29)31-6)24-16-26(15-20(28)33-23(3,4)5)14-19(27)25-18(13-11-9-2)22(30)32-7/h17-18,24H,8-16H2,1-7H3,(H,25,27)/t17-,18-/m0/s1. The van der Waals surface area contributed by atoms with Crippen LogP contribution in [0, 0.1) is 0 Å². The molecule has 0 aromatic heterocycles. The highest BCUT2D eigenvalue weighted by molar-refractivity contribution is 5.85. The van der Waals surface area contributed by atoms with Crippen LogP contribution in [0.1, 0.15) is 73.1 Å². The number of nitrogens with one attached hydrogen (secondary N) is 2. The van der Waals surface area contributed by atoms with Crippen LogP contribution < -0.4 is 10.6 Å². The maximum absolute atomic E-state index is 12.7. The molecule has 0 fully saturated rings. The van der Waals surface area contributed by atoms with Crippen LogP contribution in [0.3, 0.4) is 0 Å². The smallest absolute Gasteiger partial charge is 0.328 e. The Morgan fingerprint density at radius 3 is 1.85 bits per heavy atom. The van der Waals surface area contributed by atoms with E-state index >= 15 is 0 Å². The summed E-state index contributed by atoms with van der Waals surface area (Å²) >= 11 is 0. The molecular weight excluding hydrogens is 430 g/mol. The fourth-order valence-electron chi connectivity index (χ4n) is 3.06. The minimum atomic E-state index is -0.758. The lowest BCUT2D eigenvalue weighted by atomic mass is 10.1. The van der Waals surface area contributed by atoms with Crippen LogP contribution in [0.15, 0.2) is 0 Å². The van der Waals surface area contributed by atoms with Gasteiger partial charge in [-0.3, -0.25) is 24.6 Å². The predicted molar refractivity (Wildman–Crippen MR) is 124 cm³/mol. The molecule has 2 atom stereocenters. The topological polar surface area (TPSA) is 123 Å². The van der Waals surface area contributed by atoms with E-state index in [-0.39, 0.29) is 19.8 Å². The Labute approximate surface area is 198 Å². The first-order valence-electron chi connectivity index (χ1n) is 11.6. The molecular formula is C23H43N3O7. The number of carbonyl (C=O) groups is 4. The van der Waals surface area contributed by atoms with E-state index in [1.807, 2.05) is 13.8 Å². The van der Waals surface area contributed by atoms with Crippen LogP contribution in [0.4, 0.5) is 0 Å². The van der Waals surface area contributed by atoms with E-state index < -0.39 is 41.5 Å².